The van der Waals surface area contributed by atoms with Crippen molar-refractivity contribution in [2.45, 2.75) is 117 Å². The van der Waals surface area contributed by atoms with Gasteiger partial charge in [-0.25, -0.2) is 4.79 Å². The lowest BCUT2D eigenvalue weighted by Gasteiger charge is -2.57. The number of pyridine rings is 1. The summed E-state index contributed by atoms with van der Waals surface area (Å²) in [5.41, 5.74) is 4.78. The minimum Gasteiger partial charge on any atom is -0.462 e. The van der Waals surface area contributed by atoms with Gasteiger partial charge in [0.05, 0.1) is 6.42 Å². The number of carbonyl (C=O) groups excluding carboxylic acids is 3. The second-order valence-corrected chi connectivity index (χ2v) is 16.0. The highest BCUT2D eigenvalue weighted by molar-refractivity contribution is 5.86. The van der Waals surface area contributed by atoms with Gasteiger partial charge < -0.3 is 14.8 Å². The second kappa shape index (κ2) is 13.6. The first-order valence-electron chi connectivity index (χ1n) is 17.9. The van der Waals surface area contributed by atoms with Gasteiger partial charge in [-0.05, 0) is 111 Å². The largest absolute Gasteiger partial charge is 0.462 e. The number of benzene rings is 1. The van der Waals surface area contributed by atoms with Crippen LogP contribution in [0.1, 0.15) is 104 Å². The summed E-state index contributed by atoms with van der Waals surface area (Å²) in [5, 5.41) is 2.81. The Hall–Kier alpha value is -3.74. The molecule has 1 aromatic carbocycles. The molecule has 1 aromatic heterocycles. The molecule has 2 saturated carbocycles. The highest BCUT2D eigenvalue weighted by Gasteiger charge is 2.57. The number of esters is 2. The SMILES string of the molecule is CC(C)(C)OC(=O)[C@H](Cc1ccccc1)NC(=O)CCC(=O)O[C@H]1CC[C@@]2(C)C(=CC[C@@H]3C2CC[C@]2(C)C(c4cccnc4)=CCC32)C1. The van der Waals surface area contributed by atoms with Crippen LogP contribution in [-0.2, 0) is 30.3 Å². The molecule has 0 bridgehead atoms. The number of nitrogens with one attached hydrogen (secondary N) is 1. The van der Waals surface area contributed by atoms with E-state index in [-0.39, 0.29) is 41.7 Å². The zero-order valence-electron chi connectivity index (χ0n) is 29.3. The maximum atomic E-state index is 13.0. The van der Waals surface area contributed by atoms with Gasteiger partial charge in [-0.2, -0.15) is 0 Å². The van der Waals surface area contributed by atoms with Crippen LogP contribution in [0.25, 0.3) is 5.57 Å². The van der Waals surface area contributed by atoms with Gasteiger partial charge in [0.25, 0.3) is 0 Å². The number of carbonyl (C=O) groups is 3. The zero-order chi connectivity index (χ0) is 34.1. The lowest BCUT2D eigenvalue weighted by atomic mass is 9.47. The van der Waals surface area contributed by atoms with Crippen LogP contribution in [0.4, 0.5) is 0 Å². The Kier molecular flexibility index (Phi) is 9.70. The van der Waals surface area contributed by atoms with Crippen molar-refractivity contribution in [3.8, 4) is 0 Å². The molecule has 7 heteroatoms. The maximum Gasteiger partial charge on any atom is 0.329 e. The van der Waals surface area contributed by atoms with E-state index in [1.54, 1.807) is 20.8 Å². The van der Waals surface area contributed by atoms with Crippen LogP contribution in [0.15, 0.2) is 72.6 Å². The van der Waals surface area contributed by atoms with Crippen LogP contribution in [0.2, 0.25) is 0 Å². The van der Waals surface area contributed by atoms with Gasteiger partial charge in [0.15, 0.2) is 0 Å². The number of hydrogen-bond acceptors (Lipinski definition) is 6. The quantitative estimate of drug-likeness (QED) is 0.220. The van der Waals surface area contributed by atoms with Crippen LogP contribution < -0.4 is 5.32 Å². The van der Waals surface area contributed by atoms with Crippen LogP contribution in [-0.4, -0.2) is 40.6 Å². The lowest BCUT2D eigenvalue weighted by Crippen LogP contribution is -2.50. The number of amides is 1. The summed E-state index contributed by atoms with van der Waals surface area (Å²) in [4.78, 5) is 43.2. The first kappa shape index (κ1) is 34.1. The summed E-state index contributed by atoms with van der Waals surface area (Å²) in [6, 6.07) is 12.9. The molecule has 1 amide bonds. The predicted octanol–water partition coefficient (Wildman–Crippen LogP) is 7.80. The fourth-order valence-corrected chi connectivity index (χ4v) is 9.41. The molecule has 7 nitrogen and oxygen atoms in total. The predicted molar refractivity (Wildman–Crippen MR) is 186 cm³/mol. The van der Waals surface area contributed by atoms with Crippen molar-refractivity contribution in [3.63, 3.8) is 0 Å². The average molecular weight is 653 g/mol. The topological polar surface area (TPSA) is 94.6 Å². The van der Waals surface area contributed by atoms with E-state index < -0.39 is 17.6 Å². The van der Waals surface area contributed by atoms with E-state index in [4.69, 9.17) is 9.47 Å². The van der Waals surface area contributed by atoms with Crippen LogP contribution >= 0.6 is 0 Å². The van der Waals surface area contributed by atoms with E-state index in [1.807, 2.05) is 48.8 Å². The molecule has 0 spiro atoms. The number of ether oxygens (including phenoxy) is 2. The molecule has 7 atom stereocenters. The fraction of sp³-hybridized carbons (Fsp3) is 0.561. The van der Waals surface area contributed by atoms with E-state index in [9.17, 15) is 14.4 Å². The minimum atomic E-state index is -0.840. The monoisotopic (exact) mass is 652 g/mol. The Balaban J connectivity index is 1.02. The Morgan fingerprint density at radius 2 is 1.71 bits per heavy atom. The van der Waals surface area contributed by atoms with Crippen LogP contribution in [0.5, 0.6) is 0 Å². The molecular weight excluding hydrogens is 600 g/mol. The molecule has 2 unspecified atom stereocenters. The molecule has 4 aliphatic rings. The molecule has 4 aliphatic carbocycles. The number of aromatic nitrogens is 1. The van der Waals surface area contributed by atoms with E-state index in [1.165, 1.54) is 29.6 Å². The number of nitrogens with zero attached hydrogens (tertiary/aromatic N) is 1. The second-order valence-electron chi connectivity index (χ2n) is 16.0. The summed E-state index contributed by atoms with van der Waals surface area (Å²) >= 11 is 0. The van der Waals surface area contributed by atoms with Crippen molar-refractivity contribution in [1.82, 2.24) is 10.3 Å². The van der Waals surface area contributed by atoms with Crippen LogP contribution in [0.3, 0.4) is 0 Å². The summed E-state index contributed by atoms with van der Waals surface area (Å²) < 4.78 is 11.5. The summed E-state index contributed by atoms with van der Waals surface area (Å²) in [6.07, 6.45) is 16.2. The molecule has 1 N–H and O–H groups in total. The van der Waals surface area contributed by atoms with Crippen molar-refractivity contribution >= 4 is 23.4 Å². The van der Waals surface area contributed by atoms with Crippen molar-refractivity contribution < 1.29 is 23.9 Å². The Labute approximate surface area is 286 Å². The lowest BCUT2D eigenvalue weighted by molar-refractivity contribution is -0.158. The zero-order valence-corrected chi connectivity index (χ0v) is 29.3. The molecule has 1 heterocycles. The van der Waals surface area contributed by atoms with E-state index in [0.29, 0.717) is 24.2 Å². The molecule has 2 fully saturated rings. The average Bonchev–Trinajstić information content (AvgIpc) is 3.41. The molecule has 256 valence electrons. The van der Waals surface area contributed by atoms with Crippen molar-refractivity contribution in [2.75, 3.05) is 0 Å². The first-order valence-corrected chi connectivity index (χ1v) is 17.9. The molecule has 48 heavy (non-hydrogen) atoms. The highest BCUT2D eigenvalue weighted by atomic mass is 16.6. The van der Waals surface area contributed by atoms with Crippen molar-refractivity contribution in [1.29, 1.82) is 0 Å². The van der Waals surface area contributed by atoms with Gasteiger partial charge >= 0.3 is 11.9 Å². The number of hydrogen-bond donors (Lipinski definition) is 1. The number of rotatable bonds is 9. The third-order valence-corrected chi connectivity index (χ3v) is 11.8. The Bertz CT molecular complexity index is 1560. The van der Waals surface area contributed by atoms with Crippen molar-refractivity contribution in [2.24, 2.45) is 28.6 Å². The molecule has 0 radical (unpaired) electrons. The number of allylic oxidation sites excluding steroid dienone is 3. The first-order chi connectivity index (χ1) is 22.9. The Morgan fingerprint density at radius 3 is 2.44 bits per heavy atom. The third-order valence-electron chi connectivity index (χ3n) is 11.8. The maximum absolute atomic E-state index is 13.0. The fourth-order valence-electron chi connectivity index (χ4n) is 9.41. The molecule has 2 aromatic rings. The van der Waals surface area contributed by atoms with Gasteiger partial charge in [0, 0.05) is 31.7 Å². The smallest absolute Gasteiger partial charge is 0.329 e. The van der Waals surface area contributed by atoms with Crippen LogP contribution in [0, 0.1) is 28.6 Å². The molecule has 6 rings (SSSR count). The molecular formula is C41H52N2O5. The van der Waals surface area contributed by atoms with Gasteiger partial charge in [0.1, 0.15) is 17.7 Å². The van der Waals surface area contributed by atoms with Gasteiger partial charge in [-0.1, -0.05) is 68.0 Å². The number of fused-ring (bicyclic) bond motifs is 5. The minimum absolute atomic E-state index is 0.0255. The van der Waals surface area contributed by atoms with Gasteiger partial charge in [-0.15, -0.1) is 0 Å². The molecule has 0 saturated heterocycles. The third kappa shape index (κ3) is 7.16. The van der Waals surface area contributed by atoms with Crippen molar-refractivity contribution in [3.05, 3.63) is 83.7 Å². The summed E-state index contributed by atoms with van der Waals surface area (Å²) in [5.74, 6) is 0.728. The van der Waals surface area contributed by atoms with Gasteiger partial charge in [0.2, 0.25) is 5.91 Å². The summed E-state index contributed by atoms with van der Waals surface area (Å²) in [6.45, 7) is 10.3. The van der Waals surface area contributed by atoms with E-state index in [2.05, 4.69) is 42.4 Å². The van der Waals surface area contributed by atoms with E-state index >= 15 is 0 Å². The Morgan fingerprint density at radius 1 is 0.938 bits per heavy atom. The van der Waals surface area contributed by atoms with E-state index in [0.717, 1.165) is 37.7 Å². The van der Waals surface area contributed by atoms with Gasteiger partial charge in [-0.3, -0.25) is 14.6 Å². The highest BCUT2D eigenvalue weighted by Crippen LogP contribution is 2.66. The normalized spacial score (nSPS) is 30.0. The summed E-state index contributed by atoms with van der Waals surface area (Å²) in [7, 11) is 0. The molecule has 0 aliphatic heterocycles. The standard InChI is InChI=1S/C41H52N2O5/c1-39(2,3)48-38(46)35(24-27-10-7-6-8-11-27)43-36(44)17-18-37(45)47-30-19-21-40(4)29(25-30)13-14-31-33-16-15-32(28-12-9-23-42-26-28)41(33,5)22-20-34(31)40/h6-13,15,23,26,30-31,33-35H,14,16-22,24-25H2,1-5H3,(H,43,44)/t30-,31-,33?,34?,35-,40-,41+/m0/s1.